The highest BCUT2D eigenvalue weighted by Crippen LogP contribution is 2.39. The maximum atomic E-state index is 11.3. The Labute approximate surface area is 138 Å². The van der Waals surface area contributed by atoms with Gasteiger partial charge in [-0.15, -0.1) is 0 Å². The van der Waals surface area contributed by atoms with Crippen LogP contribution < -0.4 is 10.1 Å². The van der Waals surface area contributed by atoms with E-state index >= 15 is 0 Å². The molecule has 0 atom stereocenters. The van der Waals surface area contributed by atoms with Crippen LogP contribution in [0.15, 0.2) is 45.3 Å². The fourth-order valence-electron chi connectivity index (χ4n) is 1.80. The maximum Gasteiger partial charge on any atom is 0.334 e. The summed E-state index contributed by atoms with van der Waals surface area (Å²) >= 11 is 6.72. The first kappa shape index (κ1) is 15.8. The van der Waals surface area contributed by atoms with E-state index in [2.05, 4.69) is 37.2 Å². The summed E-state index contributed by atoms with van der Waals surface area (Å²) in [4.78, 5) is 10.9. The van der Waals surface area contributed by atoms with E-state index in [4.69, 9.17) is 4.74 Å². The van der Waals surface area contributed by atoms with E-state index < -0.39 is 4.92 Å². The van der Waals surface area contributed by atoms with E-state index in [1.165, 1.54) is 0 Å². The minimum Gasteiger partial charge on any atom is -0.449 e. The van der Waals surface area contributed by atoms with Crippen molar-refractivity contribution >= 4 is 43.2 Å². The fraction of sp³-hybridized carbons (Fsp3) is 0.143. The fourth-order valence-corrected chi connectivity index (χ4v) is 2.93. The van der Waals surface area contributed by atoms with Crippen molar-refractivity contribution in [2.45, 2.75) is 6.92 Å². The first-order valence-corrected chi connectivity index (χ1v) is 7.75. The molecule has 0 saturated heterocycles. The molecule has 7 heteroatoms. The second kappa shape index (κ2) is 6.91. The second-order valence-corrected chi connectivity index (χ2v) is 5.89. The van der Waals surface area contributed by atoms with Gasteiger partial charge in [0.05, 0.1) is 9.40 Å². The number of hydrogen-bond acceptors (Lipinski definition) is 4. The molecule has 2 aromatic rings. The summed E-state index contributed by atoms with van der Waals surface area (Å²) in [6.07, 6.45) is 0. The summed E-state index contributed by atoms with van der Waals surface area (Å²) in [7, 11) is 0. The van der Waals surface area contributed by atoms with Crippen LogP contribution >= 0.6 is 31.9 Å². The lowest BCUT2D eigenvalue weighted by Crippen LogP contribution is -2.02. The molecule has 0 unspecified atom stereocenters. The Bertz CT molecular complexity index is 677. The molecule has 0 aliphatic rings. The third-order valence-corrected chi connectivity index (χ3v) is 3.78. The van der Waals surface area contributed by atoms with Crippen molar-refractivity contribution in [3.63, 3.8) is 0 Å². The number of nitrogens with zero attached hydrogens (tertiary/aromatic N) is 1. The van der Waals surface area contributed by atoms with Crippen molar-refractivity contribution in [2.75, 3.05) is 11.9 Å². The first-order valence-electron chi connectivity index (χ1n) is 6.17. The number of nitro benzene ring substituents is 1. The van der Waals surface area contributed by atoms with Crippen LogP contribution in [0.2, 0.25) is 0 Å². The minimum absolute atomic E-state index is 0.0748. The zero-order valence-corrected chi connectivity index (χ0v) is 14.3. The molecule has 0 amide bonds. The molecule has 0 heterocycles. The van der Waals surface area contributed by atoms with Gasteiger partial charge in [0, 0.05) is 11.0 Å². The molecule has 2 rings (SSSR count). The largest absolute Gasteiger partial charge is 0.449 e. The Morgan fingerprint density at radius 1 is 1.24 bits per heavy atom. The molecule has 0 aliphatic carbocycles. The van der Waals surface area contributed by atoms with Gasteiger partial charge in [-0.2, -0.15) is 0 Å². The lowest BCUT2D eigenvalue weighted by Gasteiger charge is -2.11. The van der Waals surface area contributed by atoms with E-state index in [1.54, 1.807) is 30.3 Å². The normalized spacial score (nSPS) is 10.2. The highest BCUT2D eigenvalue weighted by molar-refractivity contribution is 9.11. The van der Waals surface area contributed by atoms with Gasteiger partial charge in [-0.1, -0.05) is 22.0 Å². The van der Waals surface area contributed by atoms with Gasteiger partial charge in [0.1, 0.15) is 11.4 Å². The number of nitrogens with one attached hydrogen (secondary N) is 1. The van der Waals surface area contributed by atoms with Crippen LogP contribution in [0.1, 0.15) is 6.92 Å². The van der Waals surface area contributed by atoms with Gasteiger partial charge in [0.15, 0.2) is 0 Å². The molecule has 0 bridgehead atoms. The standard InChI is InChI=1S/C14H12Br2N2O3/c1-2-17-11-4-3-5-13(14(11)18(19)20)21-12-7-6-9(15)8-10(12)16/h3-8,17H,2H2,1H3. The maximum absolute atomic E-state index is 11.3. The van der Waals surface area contributed by atoms with Gasteiger partial charge < -0.3 is 10.1 Å². The Morgan fingerprint density at radius 2 is 2.00 bits per heavy atom. The highest BCUT2D eigenvalue weighted by Gasteiger charge is 2.21. The van der Waals surface area contributed by atoms with E-state index in [0.717, 1.165) is 4.47 Å². The van der Waals surface area contributed by atoms with Gasteiger partial charge in [0.2, 0.25) is 5.75 Å². The summed E-state index contributed by atoms with van der Waals surface area (Å²) < 4.78 is 7.29. The first-order chi connectivity index (χ1) is 10.0. The third kappa shape index (κ3) is 3.74. The predicted molar refractivity (Wildman–Crippen MR) is 89.2 cm³/mol. The summed E-state index contributed by atoms with van der Waals surface area (Å²) in [6.45, 7) is 2.47. The van der Waals surface area contributed by atoms with Crippen LogP contribution in [-0.4, -0.2) is 11.5 Å². The predicted octanol–water partition coefficient (Wildman–Crippen LogP) is 5.34. The van der Waals surface area contributed by atoms with E-state index in [1.807, 2.05) is 13.0 Å². The van der Waals surface area contributed by atoms with Gasteiger partial charge in [-0.3, -0.25) is 10.1 Å². The lowest BCUT2D eigenvalue weighted by atomic mass is 10.2. The number of para-hydroxylation sites is 1. The van der Waals surface area contributed by atoms with Crippen LogP contribution in [0.4, 0.5) is 11.4 Å². The van der Waals surface area contributed by atoms with Crippen LogP contribution in [0.5, 0.6) is 11.5 Å². The molecule has 1 N–H and O–H groups in total. The van der Waals surface area contributed by atoms with Crippen molar-refractivity contribution in [3.8, 4) is 11.5 Å². The van der Waals surface area contributed by atoms with Crippen molar-refractivity contribution in [1.29, 1.82) is 0 Å². The number of nitro groups is 1. The van der Waals surface area contributed by atoms with E-state index in [-0.39, 0.29) is 11.4 Å². The minimum atomic E-state index is -0.444. The highest BCUT2D eigenvalue weighted by atomic mass is 79.9. The summed E-state index contributed by atoms with van der Waals surface area (Å²) in [5.74, 6) is 0.705. The van der Waals surface area contributed by atoms with Crippen LogP contribution in [0.3, 0.4) is 0 Å². The smallest absolute Gasteiger partial charge is 0.334 e. The van der Waals surface area contributed by atoms with Crippen LogP contribution in [0.25, 0.3) is 0 Å². The summed E-state index contributed by atoms with van der Waals surface area (Å²) in [5.41, 5.74) is 0.363. The third-order valence-electron chi connectivity index (χ3n) is 2.66. The monoisotopic (exact) mass is 414 g/mol. The van der Waals surface area contributed by atoms with Crippen molar-refractivity contribution in [2.24, 2.45) is 0 Å². The summed E-state index contributed by atoms with van der Waals surface area (Å²) in [6, 6.07) is 10.3. The zero-order chi connectivity index (χ0) is 15.4. The molecule has 0 aliphatic heterocycles. The molecule has 21 heavy (non-hydrogen) atoms. The molecule has 0 spiro atoms. The quantitative estimate of drug-likeness (QED) is 0.528. The number of ether oxygens (including phenoxy) is 1. The molecule has 0 fully saturated rings. The van der Waals surface area contributed by atoms with Gasteiger partial charge in [0.25, 0.3) is 0 Å². The summed E-state index contributed by atoms with van der Waals surface area (Å²) in [5, 5.41) is 14.3. The topological polar surface area (TPSA) is 64.4 Å². The number of rotatable bonds is 5. The Kier molecular flexibility index (Phi) is 5.19. The van der Waals surface area contributed by atoms with Gasteiger partial charge >= 0.3 is 5.69 Å². The lowest BCUT2D eigenvalue weighted by molar-refractivity contribution is -0.384. The number of halogens is 2. The molecule has 0 radical (unpaired) electrons. The number of hydrogen-bond donors (Lipinski definition) is 1. The molecule has 5 nitrogen and oxygen atoms in total. The molecular formula is C14H12Br2N2O3. The van der Waals surface area contributed by atoms with E-state index in [0.29, 0.717) is 22.5 Å². The Hall–Kier alpha value is -1.60. The van der Waals surface area contributed by atoms with Crippen LogP contribution in [0, 0.1) is 10.1 Å². The molecule has 0 aromatic heterocycles. The van der Waals surface area contributed by atoms with E-state index in [9.17, 15) is 10.1 Å². The Balaban J connectivity index is 2.43. The molecule has 110 valence electrons. The van der Waals surface area contributed by atoms with Crippen molar-refractivity contribution in [3.05, 3.63) is 55.5 Å². The number of benzene rings is 2. The second-order valence-electron chi connectivity index (χ2n) is 4.12. The average molecular weight is 416 g/mol. The SMILES string of the molecule is CCNc1cccc(Oc2ccc(Br)cc2Br)c1[N+](=O)[O-]. The number of anilines is 1. The van der Waals surface area contributed by atoms with Crippen molar-refractivity contribution in [1.82, 2.24) is 0 Å². The average Bonchev–Trinajstić information content (AvgIpc) is 2.42. The molecule has 0 saturated carbocycles. The molecular weight excluding hydrogens is 404 g/mol. The Morgan fingerprint density at radius 3 is 2.62 bits per heavy atom. The van der Waals surface area contributed by atoms with Gasteiger partial charge in [-0.25, -0.2) is 0 Å². The van der Waals surface area contributed by atoms with Gasteiger partial charge in [-0.05, 0) is 53.2 Å². The van der Waals surface area contributed by atoms with Crippen molar-refractivity contribution < 1.29 is 9.66 Å². The zero-order valence-electron chi connectivity index (χ0n) is 11.1. The van der Waals surface area contributed by atoms with Crippen LogP contribution in [-0.2, 0) is 0 Å². The molecule has 2 aromatic carbocycles.